The second-order valence-corrected chi connectivity index (χ2v) is 6.20. The lowest BCUT2D eigenvalue weighted by Crippen LogP contribution is -1.98. The topological polar surface area (TPSA) is 56.7 Å². The summed E-state index contributed by atoms with van der Waals surface area (Å²) in [5.74, 6) is 0.789. The van der Waals surface area contributed by atoms with Gasteiger partial charge in [-0.05, 0) is 37.6 Å². The molecule has 0 atom stereocenters. The largest absolute Gasteiger partial charge is 0.361 e. The van der Waals surface area contributed by atoms with Crippen LogP contribution in [0.4, 0.5) is 0 Å². The number of nitrogens with zero attached hydrogens (tertiary/aromatic N) is 4. The minimum absolute atomic E-state index is 0.709. The van der Waals surface area contributed by atoms with Crippen LogP contribution in [0.1, 0.15) is 17.0 Å². The maximum Gasteiger partial charge on any atom is 0.177 e. The van der Waals surface area contributed by atoms with E-state index < -0.39 is 0 Å². The molecule has 3 heterocycles. The highest BCUT2D eigenvalue weighted by molar-refractivity contribution is 6.30. The Morgan fingerprint density at radius 3 is 2.62 bits per heavy atom. The van der Waals surface area contributed by atoms with E-state index in [0.29, 0.717) is 6.54 Å². The van der Waals surface area contributed by atoms with Crippen LogP contribution in [0.15, 0.2) is 47.4 Å². The lowest BCUT2D eigenvalue weighted by molar-refractivity contribution is 0.393. The molecule has 0 fully saturated rings. The van der Waals surface area contributed by atoms with Crippen LogP contribution in [-0.2, 0) is 6.54 Å². The molecule has 0 bridgehead atoms. The van der Waals surface area contributed by atoms with Crippen molar-refractivity contribution in [2.24, 2.45) is 0 Å². The fraction of sp³-hybridized carbons (Fsp3) is 0.167. The number of imidazole rings is 1. The van der Waals surface area contributed by atoms with E-state index in [-0.39, 0.29) is 0 Å². The molecule has 0 aliphatic rings. The number of halogens is 1. The van der Waals surface area contributed by atoms with Crippen LogP contribution in [-0.4, -0.2) is 19.7 Å². The van der Waals surface area contributed by atoms with Gasteiger partial charge in [0.15, 0.2) is 5.65 Å². The zero-order valence-corrected chi connectivity index (χ0v) is 14.1. The summed E-state index contributed by atoms with van der Waals surface area (Å²) in [4.78, 5) is 8.86. The molecule has 5 nitrogen and oxygen atoms in total. The molecule has 0 unspecified atom stereocenters. The van der Waals surface area contributed by atoms with Crippen molar-refractivity contribution in [3.63, 3.8) is 0 Å². The summed E-state index contributed by atoms with van der Waals surface area (Å²) in [6, 6.07) is 9.89. The van der Waals surface area contributed by atoms with Crippen molar-refractivity contribution in [3.05, 3.63) is 64.9 Å². The average molecular weight is 339 g/mol. The van der Waals surface area contributed by atoms with Gasteiger partial charge in [0.2, 0.25) is 0 Å². The van der Waals surface area contributed by atoms with Gasteiger partial charge in [0.1, 0.15) is 5.76 Å². The Bertz CT molecular complexity index is 998. The number of aromatic nitrogens is 4. The summed E-state index contributed by atoms with van der Waals surface area (Å²) in [5, 5.41) is 4.75. The standard InChI is InChI=1S/C18H15ClN4O/c1-11-17(12(2)24-22-11)14-7-16-18(20-8-14)21-10-23(16)9-13-3-5-15(19)6-4-13/h3-8,10H,9H2,1-2H3. The first-order valence-corrected chi connectivity index (χ1v) is 7.98. The van der Waals surface area contributed by atoms with E-state index in [0.717, 1.165) is 44.3 Å². The zero-order chi connectivity index (χ0) is 16.7. The quantitative estimate of drug-likeness (QED) is 0.555. The van der Waals surface area contributed by atoms with Gasteiger partial charge in [0.05, 0.1) is 17.5 Å². The molecule has 3 aromatic heterocycles. The van der Waals surface area contributed by atoms with Gasteiger partial charge in [-0.2, -0.15) is 0 Å². The molecule has 0 aliphatic heterocycles. The highest BCUT2D eigenvalue weighted by atomic mass is 35.5. The fourth-order valence-corrected chi connectivity index (χ4v) is 3.01. The van der Waals surface area contributed by atoms with Crippen molar-refractivity contribution < 1.29 is 4.52 Å². The number of pyridine rings is 1. The molecule has 1 aromatic carbocycles. The van der Waals surface area contributed by atoms with Crippen LogP contribution in [0.2, 0.25) is 5.02 Å². The molecule has 4 aromatic rings. The second kappa shape index (κ2) is 5.76. The van der Waals surface area contributed by atoms with Crippen molar-refractivity contribution in [1.82, 2.24) is 19.7 Å². The third-order valence-corrected chi connectivity index (χ3v) is 4.32. The summed E-state index contributed by atoms with van der Waals surface area (Å²) in [5.41, 5.74) is 5.68. The van der Waals surface area contributed by atoms with E-state index >= 15 is 0 Å². The van der Waals surface area contributed by atoms with Gasteiger partial charge in [0, 0.05) is 28.9 Å². The van der Waals surface area contributed by atoms with Gasteiger partial charge in [-0.15, -0.1) is 0 Å². The number of aryl methyl sites for hydroxylation is 2. The summed E-state index contributed by atoms with van der Waals surface area (Å²) in [6.45, 7) is 4.55. The summed E-state index contributed by atoms with van der Waals surface area (Å²) < 4.78 is 7.34. The Kier molecular flexibility index (Phi) is 3.58. The highest BCUT2D eigenvalue weighted by Gasteiger charge is 2.14. The van der Waals surface area contributed by atoms with E-state index in [2.05, 4.69) is 25.8 Å². The number of fused-ring (bicyclic) bond motifs is 1. The van der Waals surface area contributed by atoms with Crippen LogP contribution in [0.5, 0.6) is 0 Å². The lowest BCUT2D eigenvalue weighted by Gasteiger charge is -2.06. The number of hydrogen-bond acceptors (Lipinski definition) is 4. The van der Waals surface area contributed by atoms with E-state index in [9.17, 15) is 0 Å². The molecule has 0 radical (unpaired) electrons. The Morgan fingerprint density at radius 2 is 1.92 bits per heavy atom. The molecule has 0 N–H and O–H groups in total. The van der Waals surface area contributed by atoms with Crippen molar-refractivity contribution in [3.8, 4) is 11.1 Å². The first-order valence-electron chi connectivity index (χ1n) is 7.60. The van der Waals surface area contributed by atoms with Crippen LogP contribution in [0.25, 0.3) is 22.3 Å². The third kappa shape index (κ3) is 2.57. The smallest absolute Gasteiger partial charge is 0.177 e. The van der Waals surface area contributed by atoms with Gasteiger partial charge < -0.3 is 9.09 Å². The van der Waals surface area contributed by atoms with Crippen molar-refractivity contribution >= 4 is 22.8 Å². The normalized spacial score (nSPS) is 11.3. The first-order chi connectivity index (χ1) is 11.6. The van der Waals surface area contributed by atoms with E-state index in [1.54, 1.807) is 0 Å². The fourth-order valence-electron chi connectivity index (χ4n) is 2.89. The number of hydrogen-bond donors (Lipinski definition) is 0. The molecule has 0 amide bonds. The average Bonchev–Trinajstić information content (AvgIpc) is 3.13. The monoisotopic (exact) mass is 338 g/mol. The van der Waals surface area contributed by atoms with Crippen molar-refractivity contribution in [2.75, 3.05) is 0 Å². The first kappa shape index (κ1) is 14.9. The predicted molar refractivity (Wildman–Crippen MR) is 93.1 cm³/mol. The van der Waals surface area contributed by atoms with Crippen LogP contribution < -0.4 is 0 Å². The Hall–Kier alpha value is -2.66. The minimum atomic E-state index is 0.709. The lowest BCUT2D eigenvalue weighted by atomic mass is 10.1. The summed E-state index contributed by atoms with van der Waals surface area (Å²) in [6.07, 6.45) is 3.62. The van der Waals surface area contributed by atoms with Gasteiger partial charge in [-0.25, -0.2) is 9.97 Å². The molecule has 24 heavy (non-hydrogen) atoms. The van der Waals surface area contributed by atoms with E-state index in [1.807, 2.05) is 50.6 Å². The molecule has 0 saturated carbocycles. The van der Waals surface area contributed by atoms with Crippen LogP contribution >= 0.6 is 11.6 Å². The maximum atomic E-state index is 5.95. The Morgan fingerprint density at radius 1 is 1.12 bits per heavy atom. The molecule has 0 saturated heterocycles. The Balaban J connectivity index is 1.77. The highest BCUT2D eigenvalue weighted by Crippen LogP contribution is 2.28. The molecule has 0 spiro atoms. The second-order valence-electron chi connectivity index (χ2n) is 5.76. The van der Waals surface area contributed by atoms with E-state index in [1.165, 1.54) is 0 Å². The SMILES string of the molecule is Cc1noc(C)c1-c1cnc2ncn(Cc3ccc(Cl)cc3)c2c1. The third-order valence-electron chi connectivity index (χ3n) is 4.06. The summed E-state index contributed by atoms with van der Waals surface area (Å²) >= 11 is 5.95. The molecular weight excluding hydrogens is 324 g/mol. The van der Waals surface area contributed by atoms with Crippen molar-refractivity contribution in [1.29, 1.82) is 0 Å². The van der Waals surface area contributed by atoms with Gasteiger partial charge in [-0.3, -0.25) is 0 Å². The van der Waals surface area contributed by atoms with Gasteiger partial charge in [0.25, 0.3) is 0 Å². The molecule has 4 rings (SSSR count). The van der Waals surface area contributed by atoms with E-state index in [4.69, 9.17) is 16.1 Å². The van der Waals surface area contributed by atoms with Gasteiger partial charge in [-0.1, -0.05) is 28.9 Å². The Labute approximate surface area is 143 Å². The molecule has 6 heteroatoms. The molecular formula is C18H15ClN4O. The number of benzene rings is 1. The zero-order valence-electron chi connectivity index (χ0n) is 13.3. The van der Waals surface area contributed by atoms with Gasteiger partial charge >= 0.3 is 0 Å². The summed E-state index contributed by atoms with van der Waals surface area (Å²) in [7, 11) is 0. The van der Waals surface area contributed by atoms with Crippen molar-refractivity contribution in [2.45, 2.75) is 20.4 Å². The number of rotatable bonds is 3. The minimum Gasteiger partial charge on any atom is -0.361 e. The predicted octanol–water partition coefficient (Wildman–Crippen LogP) is 4.40. The molecule has 0 aliphatic carbocycles. The van der Waals surface area contributed by atoms with Crippen LogP contribution in [0.3, 0.4) is 0 Å². The molecule has 120 valence electrons. The van der Waals surface area contributed by atoms with Crippen LogP contribution in [0, 0.1) is 13.8 Å². The maximum absolute atomic E-state index is 5.95.